The Morgan fingerprint density at radius 3 is 2.28 bits per heavy atom. The molecule has 12 heteroatoms. The number of ketones is 1. The minimum absolute atomic E-state index is 0.0369. The third-order valence-electron chi connectivity index (χ3n) is 4.22. The van der Waals surface area contributed by atoms with Gasteiger partial charge < -0.3 is 14.7 Å². The molecule has 2 aromatic rings. The molecule has 29 heavy (non-hydrogen) atoms. The van der Waals surface area contributed by atoms with E-state index in [1.165, 1.54) is 24.3 Å². The zero-order valence-corrected chi connectivity index (χ0v) is 15.5. The summed E-state index contributed by atoms with van der Waals surface area (Å²) in [7, 11) is 12.4. The average Bonchev–Trinajstić information content (AvgIpc) is 2.88. The summed E-state index contributed by atoms with van der Waals surface area (Å²) in [5, 5.41) is 0. The predicted molar refractivity (Wildman–Crippen MR) is 101 cm³/mol. The van der Waals surface area contributed by atoms with Gasteiger partial charge in [0.25, 0.3) is 0 Å². The maximum Gasteiger partial charge on any atom is 0.302 e. The molecule has 0 aromatic heterocycles. The molecule has 1 aliphatic rings. The second-order valence-corrected chi connectivity index (χ2v) is 7.94. The number of halogens is 2. The van der Waals surface area contributed by atoms with Crippen molar-refractivity contribution in [1.29, 1.82) is 0 Å². The highest BCUT2D eigenvalue weighted by Gasteiger charge is 2.50. The molecule has 0 aliphatic carbocycles. The Morgan fingerprint density at radius 2 is 1.69 bits per heavy atom. The van der Waals surface area contributed by atoms with Crippen LogP contribution in [-0.4, -0.2) is 37.7 Å². The molecule has 6 radical (unpaired) electrons. The largest absolute Gasteiger partial charge is 0.467 e. The van der Waals surface area contributed by atoms with Gasteiger partial charge in [-0.25, -0.2) is 8.78 Å². The van der Waals surface area contributed by atoms with Gasteiger partial charge in [-0.2, -0.15) is 8.42 Å². The van der Waals surface area contributed by atoms with E-state index in [0.29, 0.717) is 12.1 Å². The minimum Gasteiger partial charge on any atom is -0.467 e. The number of Topliss-reactive ketones (excluding diaryl/α,β-unsaturated/α-hetero) is 1. The van der Waals surface area contributed by atoms with Gasteiger partial charge in [0, 0.05) is 0 Å². The SMILES string of the molecule is [B]C1(c2ccc(F)c(F)c2)OC(N)=C(OS(=O)(=O)C([B])([B])c2ccccc2)C1=O. The van der Waals surface area contributed by atoms with E-state index in [9.17, 15) is 22.0 Å². The lowest BCUT2D eigenvalue weighted by atomic mass is 9.65. The van der Waals surface area contributed by atoms with E-state index in [4.69, 9.17) is 38.2 Å². The van der Waals surface area contributed by atoms with Crippen molar-refractivity contribution < 1.29 is 30.9 Å². The van der Waals surface area contributed by atoms with Crippen LogP contribution in [0.2, 0.25) is 0 Å². The van der Waals surface area contributed by atoms with Crippen molar-refractivity contribution in [2.24, 2.45) is 5.73 Å². The van der Waals surface area contributed by atoms with Crippen LogP contribution >= 0.6 is 0 Å². The highest BCUT2D eigenvalue weighted by molar-refractivity contribution is 7.90. The fourth-order valence-electron chi connectivity index (χ4n) is 2.56. The molecule has 0 saturated heterocycles. The van der Waals surface area contributed by atoms with Crippen LogP contribution in [0.4, 0.5) is 8.78 Å². The van der Waals surface area contributed by atoms with Crippen LogP contribution < -0.4 is 5.73 Å². The van der Waals surface area contributed by atoms with E-state index < -0.39 is 49.2 Å². The summed E-state index contributed by atoms with van der Waals surface area (Å²) in [6, 6.07) is 9.55. The smallest absolute Gasteiger partial charge is 0.302 e. The van der Waals surface area contributed by atoms with Gasteiger partial charge in [0.15, 0.2) is 17.1 Å². The van der Waals surface area contributed by atoms with Gasteiger partial charge in [-0.15, -0.1) is 0 Å². The molecule has 1 heterocycles. The van der Waals surface area contributed by atoms with E-state index >= 15 is 0 Å². The molecule has 6 nitrogen and oxygen atoms in total. The molecular weight excluding hydrogens is 401 g/mol. The lowest BCUT2D eigenvalue weighted by Gasteiger charge is -2.26. The summed E-state index contributed by atoms with van der Waals surface area (Å²) in [5.41, 5.74) is 2.75. The fourth-order valence-corrected chi connectivity index (χ4v) is 3.50. The van der Waals surface area contributed by atoms with E-state index in [-0.39, 0.29) is 11.1 Å². The highest BCUT2D eigenvalue weighted by atomic mass is 32.2. The summed E-state index contributed by atoms with van der Waals surface area (Å²) in [6.45, 7) is 0. The van der Waals surface area contributed by atoms with Gasteiger partial charge in [0.05, 0.1) is 20.2 Å². The van der Waals surface area contributed by atoms with Gasteiger partial charge in [0.2, 0.25) is 17.4 Å². The van der Waals surface area contributed by atoms with Crippen molar-refractivity contribution in [1.82, 2.24) is 0 Å². The number of nitrogens with two attached hydrogens (primary N) is 1. The number of hydrogen-bond donors (Lipinski definition) is 1. The predicted octanol–water partition coefficient (Wildman–Crippen LogP) is 0.507. The van der Waals surface area contributed by atoms with Gasteiger partial charge in [-0.3, -0.25) is 4.79 Å². The lowest BCUT2D eigenvalue weighted by Crippen LogP contribution is -2.40. The van der Waals surface area contributed by atoms with Crippen LogP contribution in [0.3, 0.4) is 0 Å². The Bertz CT molecular complexity index is 1130. The molecule has 0 bridgehead atoms. The van der Waals surface area contributed by atoms with Crippen molar-refractivity contribution in [3.8, 4) is 0 Å². The second-order valence-electron chi connectivity index (χ2n) is 6.19. The van der Waals surface area contributed by atoms with E-state index in [0.717, 1.165) is 6.07 Å². The molecule has 0 spiro atoms. The van der Waals surface area contributed by atoms with Gasteiger partial charge in [-0.1, -0.05) is 36.4 Å². The van der Waals surface area contributed by atoms with Crippen LogP contribution in [0.1, 0.15) is 11.1 Å². The molecule has 1 atom stereocenters. The molecule has 0 fully saturated rings. The standard InChI is InChI=1S/C17H10B3F2NO5S/c18-16(10-6-7-11(21)12(22)8-10)14(24)13(15(23)27-16)28-29(25,26)17(19,20)9-4-2-1-3-5-9/h1-8H,23H2. The summed E-state index contributed by atoms with van der Waals surface area (Å²) in [6.07, 6.45) is 0. The zero-order valence-electron chi connectivity index (χ0n) is 14.6. The fraction of sp³-hybridized carbons (Fsp3) is 0.118. The first-order valence-corrected chi connectivity index (χ1v) is 9.36. The van der Waals surface area contributed by atoms with Crippen LogP contribution in [0, 0.1) is 11.6 Å². The van der Waals surface area contributed by atoms with Crippen LogP contribution in [0.25, 0.3) is 0 Å². The van der Waals surface area contributed by atoms with Gasteiger partial charge in [0.1, 0.15) is 7.85 Å². The molecular formula is C17H10B3F2NO5S. The highest BCUT2D eigenvalue weighted by Crippen LogP contribution is 2.38. The lowest BCUT2D eigenvalue weighted by molar-refractivity contribution is -0.126. The monoisotopic (exact) mass is 411 g/mol. The Morgan fingerprint density at radius 1 is 1.07 bits per heavy atom. The second kappa shape index (κ2) is 6.94. The quantitative estimate of drug-likeness (QED) is 0.570. The normalized spacial score (nSPS) is 19.9. The molecule has 1 unspecified atom stereocenters. The minimum atomic E-state index is -4.88. The number of rotatable bonds is 5. The molecule has 142 valence electrons. The molecule has 2 aromatic carbocycles. The average molecular weight is 411 g/mol. The number of benzene rings is 2. The molecule has 0 amide bonds. The number of ether oxygens (including phenoxy) is 1. The van der Waals surface area contributed by atoms with E-state index in [1.807, 2.05) is 0 Å². The number of carbonyl (C=O) groups excluding carboxylic acids is 1. The Kier molecular flexibility index (Phi) is 5.02. The Balaban J connectivity index is 1.95. The maximum absolute atomic E-state index is 13.5. The third-order valence-corrected chi connectivity index (χ3v) is 5.67. The Labute approximate surface area is 169 Å². The van der Waals surface area contributed by atoms with Crippen molar-refractivity contribution in [2.75, 3.05) is 0 Å². The van der Waals surface area contributed by atoms with Crippen molar-refractivity contribution in [3.63, 3.8) is 0 Å². The van der Waals surface area contributed by atoms with Crippen molar-refractivity contribution in [2.45, 2.75) is 10.0 Å². The van der Waals surface area contributed by atoms with Crippen LogP contribution in [-0.2, 0) is 33.9 Å². The number of carbonyl (C=O) groups is 1. The molecule has 2 N–H and O–H groups in total. The molecule has 0 saturated carbocycles. The first-order chi connectivity index (χ1) is 13.4. The van der Waals surface area contributed by atoms with Crippen molar-refractivity contribution >= 4 is 39.4 Å². The summed E-state index contributed by atoms with van der Waals surface area (Å²) in [4.78, 5) is 12.7. The summed E-state index contributed by atoms with van der Waals surface area (Å²) < 4.78 is 59.2. The molecule has 3 rings (SSSR count). The summed E-state index contributed by atoms with van der Waals surface area (Å²) >= 11 is 0. The Hall–Kier alpha value is -2.75. The third kappa shape index (κ3) is 3.41. The van der Waals surface area contributed by atoms with E-state index in [1.54, 1.807) is 6.07 Å². The first-order valence-electron chi connectivity index (χ1n) is 7.95. The van der Waals surface area contributed by atoms with Crippen LogP contribution in [0.5, 0.6) is 0 Å². The molecule has 1 aliphatic heterocycles. The topological polar surface area (TPSA) is 95.7 Å². The van der Waals surface area contributed by atoms with E-state index in [2.05, 4.69) is 0 Å². The zero-order chi connectivity index (χ0) is 21.6. The maximum atomic E-state index is 13.5. The number of hydrogen-bond acceptors (Lipinski definition) is 6. The van der Waals surface area contributed by atoms with Crippen molar-refractivity contribution in [3.05, 3.63) is 82.9 Å². The first kappa shape index (κ1) is 21.0. The summed E-state index contributed by atoms with van der Waals surface area (Å²) in [5.74, 6) is -5.55. The van der Waals surface area contributed by atoms with Crippen LogP contribution in [0.15, 0.2) is 60.2 Å². The van der Waals surface area contributed by atoms with Gasteiger partial charge in [-0.05, 0) is 23.3 Å². The van der Waals surface area contributed by atoms with Gasteiger partial charge >= 0.3 is 10.1 Å².